The van der Waals surface area contributed by atoms with Gasteiger partial charge in [0, 0.05) is 39.4 Å². The molecule has 5 heteroatoms. The Morgan fingerprint density at radius 1 is 1.41 bits per heavy atom. The van der Waals surface area contributed by atoms with E-state index in [-0.39, 0.29) is 0 Å². The predicted octanol–water partition coefficient (Wildman–Crippen LogP) is 0.971. The lowest BCUT2D eigenvalue weighted by Crippen LogP contribution is -2.47. The van der Waals surface area contributed by atoms with Crippen LogP contribution in [0.5, 0.6) is 0 Å². The van der Waals surface area contributed by atoms with Crippen LogP contribution in [0.2, 0.25) is 0 Å². The van der Waals surface area contributed by atoms with Crippen molar-refractivity contribution in [3.05, 3.63) is 0 Å². The lowest BCUT2D eigenvalue weighted by molar-refractivity contribution is 0.195. The summed E-state index contributed by atoms with van der Waals surface area (Å²) in [5.41, 5.74) is 0. The maximum atomic E-state index is 5.27. The molecule has 0 unspecified atom stereocenters. The summed E-state index contributed by atoms with van der Waals surface area (Å²) >= 11 is 5.27. The number of rotatable bonds is 6. The molecule has 0 radical (unpaired) electrons. The third-order valence-electron chi connectivity index (χ3n) is 3.18. The van der Waals surface area contributed by atoms with Crippen LogP contribution < -0.4 is 10.6 Å². The predicted molar refractivity (Wildman–Crippen MR) is 75.4 cm³/mol. The van der Waals surface area contributed by atoms with Gasteiger partial charge in [-0.05, 0) is 38.0 Å². The van der Waals surface area contributed by atoms with Gasteiger partial charge < -0.3 is 20.3 Å². The van der Waals surface area contributed by atoms with Crippen LogP contribution in [0.15, 0.2) is 0 Å². The van der Waals surface area contributed by atoms with Gasteiger partial charge in [-0.15, -0.1) is 0 Å². The van der Waals surface area contributed by atoms with E-state index in [2.05, 4.69) is 22.5 Å². The van der Waals surface area contributed by atoms with Gasteiger partial charge in [-0.1, -0.05) is 6.92 Å². The molecule has 0 saturated carbocycles. The second-order valence-electron chi connectivity index (χ2n) is 4.46. The Bertz CT molecular complexity index is 218. The van der Waals surface area contributed by atoms with Crippen molar-refractivity contribution in [1.29, 1.82) is 0 Å². The fraction of sp³-hybridized carbons (Fsp3) is 0.917. The van der Waals surface area contributed by atoms with Gasteiger partial charge >= 0.3 is 0 Å². The van der Waals surface area contributed by atoms with Crippen LogP contribution in [0.3, 0.4) is 0 Å². The number of ether oxygens (including phenoxy) is 1. The number of hydrogen-bond donors (Lipinski definition) is 2. The van der Waals surface area contributed by atoms with Gasteiger partial charge in [-0.3, -0.25) is 0 Å². The SMILES string of the molecule is CCN1CCC(NC(=S)NCCCOC)CC1. The Morgan fingerprint density at radius 3 is 2.71 bits per heavy atom. The first-order chi connectivity index (χ1) is 8.26. The number of piperidine rings is 1. The number of methoxy groups -OCH3 is 1. The first-order valence-corrected chi connectivity index (χ1v) is 6.92. The van der Waals surface area contributed by atoms with Crippen LogP contribution in [-0.4, -0.2) is 55.9 Å². The summed E-state index contributed by atoms with van der Waals surface area (Å²) in [4.78, 5) is 2.48. The van der Waals surface area contributed by atoms with Gasteiger partial charge in [0.05, 0.1) is 0 Å². The maximum absolute atomic E-state index is 5.27. The summed E-state index contributed by atoms with van der Waals surface area (Å²) in [6, 6.07) is 0.542. The van der Waals surface area contributed by atoms with E-state index in [0.717, 1.165) is 31.2 Å². The van der Waals surface area contributed by atoms with Crippen molar-refractivity contribution < 1.29 is 4.74 Å². The second-order valence-corrected chi connectivity index (χ2v) is 4.86. The zero-order valence-electron chi connectivity index (χ0n) is 11.0. The lowest BCUT2D eigenvalue weighted by Gasteiger charge is -2.32. The highest BCUT2D eigenvalue weighted by molar-refractivity contribution is 7.80. The summed E-state index contributed by atoms with van der Waals surface area (Å²) in [7, 11) is 1.72. The molecule has 100 valence electrons. The summed E-state index contributed by atoms with van der Waals surface area (Å²) in [5.74, 6) is 0. The first kappa shape index (κ1) is 14.7. The number of nitrogens with zero attached hydrogens (tertiary/aromatic N) is 1. The highest BCUT2D eigenvalue weighted by atomic mass is 32.1. The van der Waals surface area contributed by atoms with E-state index < -0.39 is 0 Å². The average molecular weight is 259 g/mol. The molecule has 0 aliphatic carbocycles. The average Bonchev–Trinajstić information content (AvgIpc) is 2.36. The molecule has 0 aromatic rings. The number of nitrogens with one attached hydrogen (secondary N) is 2. The number of thiocarbonyl (C=S) groups is 1. The molecule has 2 N–H and O–H groups in total. The van der Waals surface area contributed by atoms with Crippen LogP contribution in [0.25, 0.3) is 0 Å². The zero-order chi connectivity index (χ0) is 12.5. The molecule has 17 heavy (non-hydrogen) atoms. The Balaban J connectivity index is 2.06. The summed E-state index contributed by atoms with van der Waals surface area (Å²) in [5, 5.41) is 7.40. The molecule has 1 fully saturated rings. The monoisotopic (exact) mass is 259 g/mol. The van der Waals surface area contributed by atoms with Gasteiger partial charge in [-0.2, -0.15) is 0 Å². The van der Waals surface area contributed by atoms with Gasteiger partial charge in [-0.25, -0.2) is 0 Å². The molecule has 1 aliphatic heterocycles. The Hall–Kier alpha value is -0.390. The summed E-state index contributed by atoms with van der Waals surface area (Å²) < 4.78 is 4.99. The van der Waals surface area contributed by atoms with Crippen LogP contribution in [-0.2, 0) is 4.74 Å². The molecule has 4 nitrogen and oxygen atoms in total. The standard InChI is InChI=1S/C12H25N3OS/c1-3-15-8-5-11(6-9-15)14-12(17)13-7-4-10-16-2/h11H,3-10H2,1-2H3,(H2,13,14,17). The molecular formula is C12H25N3OS. The zero-order valence-corrected chi connectivity index (χ0v) is 11.8. The molecular weight excluding hydrogens is 234 g/mol. The molecule has 1 saturated heterocycles. The van der Waals surface area contributed by atoms with E-state index in [1.165, 1.54) is 25.9 Å². The molecule has 0 atom stereocenters. The van der Waals surface area contributed by atoms with Gasteiger partial charge in [0.25, 0.3) is 0 Å². The van der Waals surface area contributed by atoms with E-state index in [4.69, 9.17) is 17.0 Å². The minimum atomic E-state index is 0.542. The van der Waals surface area contributed by atoms with Crippen molar-refractivity contribution in [3.63, 3.8) is 0 Å². The Labute approximate surface area is 110 Å². The second kappa shape index (κ2) is 8.66. The molecule has 1 aliphatic rings. The fourth-order valence-corrected chi connectivity index (χ4v) is 2.32. The lowest BCUT2D eigenvalue weighted by atomic mass is 10.1. The minimum Gasteiger partial charge on any atom is -0.385 e. The van der Waals surface area contributed by atoms with Gasteiger partial charge in [0.15, 0.2) is 5.11 Å². The van der Waals surface area contributed by atoms with Gasteiger partial charge in [0.1, 0.15) is 0 Å². The molecule has 0 aromatic carbocycles. The topological polar surface area (TPSA) is 36.5 Å². The Kier molecular flexibility index (Phi) is 7.48. The number of likely N-dealkylation sites (tertiary alicyclic amines) is 1. The first-order valence-electron chi connectivity index (χ1n) is 6.52. The molecule has 0 bridgehead atoms. The molecule has 0 aromatic heterocycles. The molecule has 0 amide bonds. The largest absolute Gasteiger partial charge is 0.385 e. The molecule has 1 heterocycles. The fourth-order valence-electron chi connectivity index (χ4n) is 2.05. The normalized spacial score (nSPS) is 18.0. The maximum Gasteiger partial charge on any atom is 0.166 e. The van der Waals surface area contributed by atoms with Crippen LogP contribution >= 0.6 is 12.2 Å². The van der Waals surface area contributed by atoms with Crippen molar-refractivity contribution in [1.82, 2.24) is 15.5 Å². The van der Waals surface area contributed by atoms with Crippen LogP contribution in [0, 0.1) is 0 Å². The van der Waals surface area contributed by atoms with E-state index in [0.29, 0.717) is 6.04 Å². The van der Waals surface area contributed by atoms with Crippen molar-refractivity contribution in [2.45, 2.75) is 32.2 Å². The van der Waals surface area contributed by atoms with Gasteiger partial charge in [0.2, 0.25) is 0 Å². The van der Waals surface area contributed by atoms with E-state index >= 15 is 0 Å². The third kappa shape index (κ3) is 6.19. The summed E-state index contributed by atoms with van der Waals surface area (Å²) in [6.45, 7) is 7.40. The highest BCUT2D eigenvalue weighted by Gasteiger charge is 2.18. The minimum absolute atomic E-state index is 0.542. The van der Waals surface area contributed by atoms with Crippen molar-refractivity contribution in [2.24, 2.45) is 0 Å². The highest BCUT2D eigenvalue weighted by Crippen LogP contribution is 2.09. The number of hydrogen-bond acceptors (Lipinski definition) is 3. The summed E-state index contributed by atoms with van der Waals surface area (Å²) in [6.07, 6.45) is 3.37. The van der Waals surface area contributed by atoms with E-state index in [1.54, 1.807) is 7.11 Å². The van der Waals surface area contributed by atoms with Crippen LogP contribution in [0.4, 0.5) is 0 Å². The molecule has 0 spiro atoms. The van der Waals surface area contributed by atoms with Crippen molar-refractivity contribution in [3.8, 4) is 0 Å². The molecule has 1 rings (SSSR count). The third-order valence-corrected chi connectivity index (χ3v) is 3.44. The van der Waals surface area contributed by atoms with Crippen molar-refractivity contribution in [2.75, 3.05) is 39.9 Å². The van der Waals surface area contributed by atoms with E-state index in [1.807, 2.05) is 0 Å². The van der Waals surface area contributed by atoms with E-state index in [9.17, 15) is 0 Å². The van der Waals surface area contributed by atoms with Crippen LogP contribution in [0.1, 0.15) is 26.2 Å². The van der Waals surface area contributed by atoms with Crippen molar-refractivity contribution >= 4 is 17.3 Å². The Morgan fingerprint density at radius 2 is 2.12 bits per heavy atom. The smallest absolute Gasteiger partial charge is 0.166 e. The quantitative estimate of drug-likeness (QED) is 0.549.